The number of hydrogen-bond donors (Lipinski definition) is 2. The van der Waals surface area contributed by atoms with Crippen LogP contribution in [0.3, 0.4) is 0 Å². The van der Waals surface area contributed by atoms with Crippen LogP contribution in [0, 0.1) is 0 Å². The van der Waals surface area contributed by atoms with Gasteiger partial charge in [0.05, 0.1) is 35.3 Å². The topological polar surface area (TPSA) is 97.8 Å². The molecule has 5 aromatic rings. The van der Waals surface area contributed by atoms with Gasteiger partial charge in [0.2, 0.25) is 5.88 Å². The highest BCUT2D eigenvalue weighted by atomic mass is 16.5. The Bertz CT molecular complexity index is 1650. The Balaban J connectivity index is 1.52. The van der Waals surface area contributed by atoms with Gasteiger partial charge in [-0.15, -0.1) is 0 Å². The molecule has 2 aromatic heterocycles. The number of carbonyl (C=O) groups excluding carboxylic acids is 1. The van der Waals surface area contributed by atoms with Crippen molar-refractivity contribution in [1.29, 1.82) is 0 Å². The molecule has 8 nitrogen and oxygen atoms in total. The van der Waals surface area contributed by atoms with E-state index in [9.17, 15) is 14.7 Å². The number of aromatic nitrogens is 2. The molecule has 37 heavy (non-hydrogen) atoms. The van der Waals surface area contributed by atoms with Crippen LogP contribution in [0.2, 0.25) is 0 Å². The predicted molar refractivity (Wildman–Crippen MR) is 143 cm³/mol. The Morgan fingerprint density at radius 1 is 0.946 bits per heavy atom. The van der Waals surface area contributed by atoms with Crippen molar-refractivity contribution in [1.82, 2.24) is 14.6 Å². The molecule has 0 atom stereocenters. The number of ether oxygens (including phenoxy) is 1. The fourth-order valence-electron chi connectivity index (χ4n) is 4.19. The molecule has 3 aromatic carbocycles. The number of rotatable bonds is 7. The average molecular weight is 493 g/mol. The zero-order chi connectivity index (χ0) is 25.8. The van der Waals surface area contributed by atoms with Crippen molar-refractivity contribution in [2.75, 3.05) is 6.61 Å². The molecule has 8 heteroatoms. The summed E-state index contributed by atoms with van der Waals surface area (Å²) < 4.78 is 8.53. The molecule has 2 N–H and O–H groups in total. The summed E-state index contributed by atoms with van der Waals surface area (Å²) in [5, 5.41) is 16.2. The number of amides is 1. The zero-order valence-corrected chi connectivity index (χ0v) is 20.0. The molecule has 2 heterocycles. The highest BCUT2D eigenvalue weighted by Crippen LogP contribution is 2.26. The fraction of sp³-hybridized carbons (Fsp3) is 0.0690. The second kappa shape index (κ2) is 10.2. The van der Waals surface area contributed by atoms with E-state index in [0.717, 1.165) is 0 Å². The Labute approximate surface area is 212 Å². The van der Waals surface area contributed by atoms with Gasteiger partial charge >= 0.3 is 0 Å². The molecule has 0 unspecified atom stereocenters. The van der Waals surface area contributed by atoms with Crippen LogP contribution in [0.4, 0.5) is 0 Å². The molecule has 0 bridgehead atoms. The first-order valence-corrected chi connectivity index (χ1v) is 11.7. The van der Waals surface area contributed by atoms with Crippen molar-refractivity contribution in [2.24, 2.45) is 5.10 Å². The van der Waals surface area contributed by atoms with E-state index in [1.54, 1.807) is 60.7 Å². The van der Waals surface area contributed by atoms with Crippen LogP contribution in [0.15, 0.2) is 107 Å². The minimum atomic E-state index is -0.413. The molecule has 0 aliphatic carbocycles. The van der Waals surface area contributed by atoms with Crippen LogP contribution < -0.4 is 15.7 Å². The lowest BCUT2D eigenvalue weighted by atomic mass is 10.1. The number of aromatic hydroxyl groups is 1. The molecule has 0 aliphatic rings. The van der Waals surface area contributed by atoms with Crippen molar-refractivity contribution in [3.8, 4) is 23.0 Å². The molecule has 5 rings (SSSR count). The number of hydrogen-bond acceptors (Lipinski definition) is 5. The van der Waals surface area contributed by atoms with E-state index in [0.29, 0.717) is 45.6 Å². The fourth-order valence-corrected chi connectivity index (χ4v) is 4.19. The van der Waals surface area contributed by atoms with Gasteiger partial charge < -0.3 is 14.4 Å². The zero-order valence-electron chi connectivity index (χ0n) is 20.0. The van der Waals surface area contributed by atoms with Gasteiger partial charge in [0.25, 0.3) is 11.5 Å². The van der Waals surface area contributed by atoms with E-state index in [2.05, 4.69) is 10.5 Å². The van der Waals surface area contributed by atoms with Crippen molar-refractivity contribution < 1.29 is 14.6 Å². The largest absolute Gasteiger partial charge is 0.494 e. The Morgan fingerprint density at radius 3 is 2.35 bits per heavy atom. The number of benzene rings is 3. The van der Waals surface area contributed by atoms with E-state index < -0.39 is 5.91 Å². The van der Waals surface area contributed by atoms with Crippen LogP contribution in [0.1, 0.15) is 22.8 Å². The summed E-state index contributed by atoms with van der Waals surface area (Å²) in [6.07, 6.45) is 5.05. The highest BCUT2D eigenvalue weighted by molar-refractivity contribution is 6.03. The molecule has 0 saturated carbocycles. The SMILES string of the molecule is CCOc1ccc(-n2c(O)c(C=NNC(=O)c3ccccc3-n3cccc3)c3ccccc3c2=O)cc1. The van der Waals surface area contributed by atoms with Gasteiger partial charge in [0.1, 0.15) is 5.75 Å². The van der Waals surface area contributed by atoms with Crippen LogP contribution in [0.5, 0.6) is 11.6 Å². The number of pyridine rings is 1. The smallest absolute Gasteiger partial charge is 0.273 e. The third kappa shape index (κ3) is 4.60. The number of nitrogens with zero attached hydrogens (tertiary/aromatic N) is 3. The number of carbonyl (C=O) groups is 1. The molecule has 0 aliphatic heterocycles. The lowest BCUT2D eigenvalue weighted by Gasteiger charge is -2.14. The molecule has 0 radical (unpaired) electrons. The lowest BCUT2D eigenvalue weighted by molar-refractivity contribution is 0.0955. The van der Waals surface area contributed by atoms with Crippen molar-refractivity contribution >= 4 is 22.9 Å². The predicted octanol–water partition coefficient (Wildman–Crippen LogP) is 4.65. The maximum atomic E-state index is 13.3. The maximum Gasteiger partial charge on any atom is 0.273 e. The van der Waals surface area contributed by atoms with Crippen LogP contribution in [-0.4, -0.2) is 33.0 Å². The first-order valence-electron chi connectivity index (χ1n) is 11.7. The number of fused-ring (bicyclic) bond motifs is 1. The van der Waals surface area contributed by atoms with Crippen LogP contribution in [-0.2, 0) is 0 Å². The van der Waals surface area contributed by atoms with Gasteiger partial charge in [-0.2, -0.15) is 5.10 Å². The van der Waals surface area contributed by atoms with Gasteiger partial charge in [0.15, 0.2) is 0 Å². The summed E-state index contributed by atoms with van der Waals surface area (Å²) in [5.74, 6) is -0.0490. The van der Waals surface area contributed by atoms with Crippen LogP contribution in [0.25, 0.3) is 22.1 Å². The second-order valence-electron chi connectivity index (χ2n) is 8.16. The second-order valence-corrected chi connectivity index (χ2v) is 8.16. The van der Waals surface area contributed by atoms with E-state index in [1.165, 1.54) is 10.8 Å². The van der Waals surface area contributed by atoms with Gasteiger partial charge in [-0.1, -0.05) is 30.3 Å². The van der Waals surface area contributed by atoms with Crippen molar-refractivity contribution in [2.45, 2.75) is 6.92 Å². The van der Waals surface area contributed by atoms with E-state index >= 15 is 0 Å². The van der Waals surface area contributed by atoms with E-state index in [4.69, 9.17) is 4.74 Å². The summed E-state index contributed by atoms with van der Waals surface area (Å²) >= 11 is 0. The minimum Gasteiger partial charge on any atom is -0.494 e. The molecule has 1 amide bonds. The monoisotopic (exact) mass is 492 g/mol. The minimum absolute atomic E-state index is 0.293. The molecular weight excluding hydrogens is 468 g/mol. The summed E-state index contributed by atoms with van der Waals surface area (Å²) in [6.45, 7) is 2.40. The first kappa shape index (κ1) is 23.6. The molecule has 0 fully saturated rings. The Hall–Kier alpha value is -5.11. The Morgan fingerprint density at radius 2 is 1.62 bits per heavy atom. The van der Waals surface area contributed by atoms with Crippen molar-refractivity contribution in [3.63, 3.8) is 0 Å². The van der Waals surface area contributed by atoms with Crippen LogP contribution >= 0.6 is 0 Å². The van der Waals surface area contributed by atoms with Gasteiger partial charge in [-0.25, -0.2) is 9.99 Å². The number of nitrogens with one attached hydrogen (secondary N) is 1. The molecule has 0 saturated heterocycles. The number of para-hydroxylation sites is 1. The molecule has 0 spiro atoms. The summed E-state index contributed by atoms with van der Waals surface area (Å²) in [5.41, 5.74) is 4.07. The standard InChI is InChI=1S/C29H24N4O4/c1-2-37-21-15-13-20(14-16-21)33-28(35)23-10-4-3-9-22(23)25(29(33)36)19-30-31-27(34)24-11-5-6-12-26(24)32-17-7-8-18-32/h3-19,36H,2H2,1H3,(H,31,34). The molecular formula is C29H24N4O4. The highest BCUT2D eigenvalue weighted by Gasteiger charge is 2.17. The third-order valence-electron chi connectivity index (χ3n) is 5.90. The quantitative estimate of drug-likeness (QED) is 0.255. The van der Waals surface area contributed by atoms with Gasteiger partial charge in [-0.05, 0) is 61.5 Å². The van der Waals surface area contributed by atoms with E-state index in [-0.39, 0.29) is 11.4 Å². The van der Waals surface area contributed by atoms with Gasteiger partial charge in [0, 0.05) is 23.2 Å². The Kier molecular flexibility index (Phi) is 6.54. The van der Waals surface area contributed by atoms with E-state index in [1.807, 2.05) is 48.1 Å². The molecule has 184 valence electrons. The first-order chi connectivity index (χ1) is 18.1. The lowest BCUT2D eigenvalue weighted by Crippen LogP contribution is -2.21. The average Bonchev–Trinajstić information content (AvgIpc) is 3.47. The normalized spacial score (nSPS) is 11.2. The summed E-state index contributed by atoms with van der Waals surface area (Å²) in [7, 11) is 0. The summed E-state index contributed by atoms with van der Waals surface area (Å²) in [4.78, 5) is 26.2. The third-order valence-corrected chi connectivity index (χ3v) is 5.90. The number of hydrazone groups is 1. The summed E-state index contributed by atoms with van der Waals surface area (Å²) in [6, 6.07) is 24.7. The maximum absolute atomic E-state index is 13.3. The van der Waals surface area contributed by atoms with Crippen molar-refractivity contribution in [3.05, 3.63) is 119 Å². The van der Waals surface area contributed by atoms with Gasteiger partial charge in [-0.3, -0.25) is 9.59 Å².